The summed E-state index contributed by atoms with van der Waals surface area (Å²) in [5.74, 6) is -0.0427. The quantitative estimate of drug-likeness (QED) is 0.556. The standard InChI is InChI=1S/C15H10N2O/c1-3-4-5-6-7-8-9-10-11-15(18)17-13-12-16(2)14-17/h12-13,18H,1,14H2,2H3. The van der Waals surface area contributed by atoms with E-state index in [0.717, 1.165) is 0 Å². The van der Waals surface area contributed by atoms with E-state index in [0.29, 0.717) is 6.67 Å². The van der Waals surface area contributed by atoms with Crippen LogP contribution in [0.25, 0.3) is 0 Å². The van der Waals surface area contributed by atoms with Gasteiger partial charge in [0, 0.05) is 25.2 Å². The summed E-state index contributed by atoms with van der Waals surface area (Å²) in [6, 6.07) is 0. The Morgan fingerprint density at radius 3 is 2.22 bits per heavy atom. The van der Waals surface area contributed by atoms with Gasteiger partial charge >= 0.3 is 0 Å². The number of nitrogens with zero attached hydrogens (tertiary/aromatic N) is 2. The summed E-state index contributed by atoms with van der Waals surface area (Å²) in [5.41, 5.74) is 22.3. The van der Waals surface area contributed by atoms with E-state index in [1.54, 1.807) is 11.1 Å². The molecule has 0 fully saturated rings. The Balaban J connectivity index is 3.02. The molecule has 3 heteroatoms. The zero-order chi connectivity index (χ0) is 13.2. The fraction of sp³-hybridized carbons (Fsp3) is 0.133. The van der Waals surface area contributed by atoms with Crippen LogP contribution in [0.1, 0.15) is 0 Å². The topological polar surface area (TPSA) is 26.7 Å². The van der Waals surface area contributed by atoms with Crippen molar-refractivity contribution >= 4 is 0 Å². The van der Waals surface area contributed by atoms with Gasteiger partial charge in [-0.1, -0.05) is 5.73 Å². The van der Waals surface area contributed by atoms with Crippen LogP contribution in [-0.4, -0.2) is 28.6 Å². The lowest BCUT2D eigenvalue weighted by atomic mass is 10.6. The van der Waals surface area contributed by atoms with Gasteiger partial charge in [0.2, 0.25) is 5.88 Å². The van der Waals surface area contributed by atoms with E-state index < -0.39 is 0 Å². The Bertz CT molecular complexity index is 688. The number of hydrogen-bond acceptors (Lipinski definition) is 3. The molecule has 0 aromatic rings. The second-order valence-electron chi connectivity index (χ2n) is 3.17. The highest BCUT2D eigenvalue weighted by Crippen LogP contribution is 2.07. The number of rotatable bonds is 1. The predicted octanol–water partition coefficient (Wildman–Crippen LogP) is 2.09. The Kier molecular flexibility index (Phi) is 5.20. The minimum atomic E-state index is -0.0427. The molecule has 0 atom stereocenters. The van der Waals surface area contributed by atoms with Crippen molar-refractivity contribution in [3.05, 3.63) is 76.4 Å². The lowest BCUT2D eigenvalue weighted by molar-refractivity contribution is 0.226. The van der Waals surface area contributed by atoms with Gasteiger partial charge < -0.3 is 10.0 Å². The van der Waals surface area contributed by atoms with Gasteiger partial charge in [0.25, 0.3) is 0 Å². The molecule has 1 N–H and O–H groups in total. The van der Waals surface area contributed by atoms with Crippen molar-refractivity contribution in [2.45, 2.75) is 0 Å². The molecular formula is C15H10N2O. The number of aliphatic hydroxyl groups excluding tert-OH is 1. The normalized spacial score (nSPS) is 10.5. The summed E-state index contributed by atoms with van der Waals surface area (Å²) in [5, 5.41) is 9.59. The largest absolute Gasteiger partial charge is 0.488 e. The molecule has 18 heavy (non-hydrogen) atoms. The molecule has 0 bridgehead atoms. The summed E-state index contributed by atoms with van der Waals surface area (Å²) in [4.78, 5) is 3.51. The van der Waals surface area contributed by atoms with Crippen LogP contribution in [0.2, 0.25) is 0 Å². The molecule has 0 aliphatic carbocycles. The molecule has 0 aromatic carbocycles. The van der Waals surface area contributed by atoms with E-state index in [1.807, 2.05) is 18.1 Å². The molecule has 3 nitrogen and oxygen atoms in total. The van der Waals surface area contributed by atoms with Gasteiger partial charge in [-0.25, -0.2) is 0 Å². The van der Waals surface area contributed by atoms with Crippen LogP contribution >= 0.6 is 0 Å². The lowest BCUT2D eigenvalue weighted by Gasteiger charge is -2.14. The van der Waals surface area contributed by atoms with Gasteiger partial charge in [-0.2, -0.15) is 0 Å². The van der Waals surface area contributed by atoms with E-state index in [4.69, 9.17) is 0 Å². The average Bonchev–Trinajstić information content (AvgIpc) is 2.79. The molecule has 1 rings (SSSR count). The summed E-state index contributed by atoms with van der Waals surface area (Å²) in [7, 11) is 1.90. The molecule has 0 spiro atoms. The molecule has 0 saturated carbocycles. The molecule has 0 unspecified atom stereocenters. The zero-order valence-electron chi connectivity index (χ0n) is 9.91. The Hall–Kier alpha value is -3.10. The highest BCUT2D eigenvalue weighted by Gasteiger charge is 2.10. The maximum atomic E-state index is 9.59. The Morgan fingerprint density at radius 2 is 1.67 bits per heavy atom. The van der Waals surface area contributed by atoms with Crippen molar-refractivity contribution < 1.29 is 5.11 Å². The minimum Gasteiger partial charge on any atom is -0.488 e. The molecule has 0 aromatic heterocycles. The number of aliphatic hydroxyl groups is 1. The van der Waals surface area contributed by atoms with Crippen molar-refractivity contribution in [3.8, 4) is 0 Å². The first-order valence-corrected chi connectivity index (χ1v) is 4.98. The Labute approximate surface area is 106 Å². The van der Waals surface area contributed by atoms with E-state index >= 15 is 0 Å². The molecule has 86 valence electrons. The van der Waals surface area contributed by atoms with E-state index in [9.17, 15) is 5.11 Å². The van der Waals surface area contributed by atoms with Crippen molar-refractivity contribution in [1.82, 2.24) is 9.80 Å². The average molecular weight is 234 g/mol. The monoisotopic (exact) mass is 234 g/mol. The van der Waals surface area contributed by atoms with Gasteiger partial charge in [0.05, 0.1) is 6.67 Å². The SMILES string of the molecule is C=C=C=C=C=C=C=C=C=C=C(O)N1C=CN(C)C1. The molecule has 1 aliphatic heterocycles. The van der Waals surface area contributed by atoms with Gasteiger partial charge in [-0.15, -0.1) is 0 Å². The third-order valence-electron chi connectivity index (χ3n) is 1.79. The van der Waals surface area contributed by atoms with Crippen LogP contribution in [0.3, 0.4) is 0 Å². The lowest BCUT2D eigenvalue weighted by Crippen LogP contribution is -2.21. The van der Waals surface area contributed by atoms with E-state index in [-0.39, 0.29) is 5.88 Å². The predicted molar refractivity (Wildman–Crippen MR) is 67.0 cm³/mol. The smallest absolute Gasteiger partial charge is 0.248 e. The second-order valence-corrected chi connectivity index (χ2v) is 3.17. The molecule has 0 amide bonds. The first kappa shape index (κ1) is 13.0. The van der Waals surface area contributed by atoms with Gasteiger partial charge in [-0.3, -0.25) is 4.90 Å². The van der Waals surface area contributed by atoms with Crippen molar-refractivity contribution in [2.24, 2.45) is 0 Å². The van der Waals surface area contributed by atoms with Crippen LogP contribution in [0.5, 0.6) is 0 Å². The summed E-state index contributed by atoms with van der Waals surface area (Å²) < 4.78 is 0. The summed E-state index contributed by atoms with van der Waals surface area (Å²) >= 11 is 0. The second kappa shape index (κ2) is 7.22. The Morgan fingerprint density at radius 1 is 1.06 bits per heavy atom. The minimum absolute atomic E-state index is 0.0427. The van der Waals surface area contributed by atoms with E-state index in [1.165, 1.54) is 0 Å². The van der Waals surface area contributed by atoms with E-state index in [2.05, 4.69) is 58.2 Å². The highest BCUT2D eigenvalue weighted by molar-refractivity contribution is 5.01. The third kappa shape index (κ3) is 4.61. The molecule has 1 aliphatic rings. The third-order valence-corrected chi connectivity index (χ3v) is 1.79. The molecule has 0 radical (unpaired) electrons. The summed E-state index contributed by atoms with van der Waals surface area (Å²) in [6.45, 7) is 3.87. The molecular weight excluding hydrogens is 224 g/mol. The van der Waals surface area contributed by atoms with Crippen molar-refractivity contribution in [1.29, 1.82) is 0 Å². The fourth-order valence-corrected chi connectivity index (χ4v) is 1.03. The molecule has 0 saturated heterocycles. The van der Waals surface area contributed by atoms with Crippen LogP contribution in [0, 0.1) is 0 Å². The van der Waals surface area contributed by atoms with Crippen LogP contribution in [0.15, 0.2) is 76.4 Å². The van der Waals surface area contributed by atoms with Crippen LogP contribution < -0.4 is 0 Å². The van der Waals surface area contributed by atoms with Crippen LogP contribution in [-0.2, 0) is 0 Å². The van der Waals surface area contributed by atoms with Gasteiger partial charge in [-0.05, 0) is 46.7 Å². The van der Waals surface area contributed by atoms with Crippen molar-refractivity contribution in [3.63, 3.8) is 0 Å². The fourth-order valence-electron chi connectivity index (χ4n) is 1.03. The maximum Gasteiger partial charge on any atom is 0.248 e. The van der Waals surface area contributed by atoms with Gasteiger partial charge in [0.1, 0.15) is 0 Å². The molecule has 1 heterocycles. The van der Waals surface area contributed by atoms with Crippen molar-refractivity contribution in [2.75, 3.05) is 13.7 Å². The number of hydrogen-bond donors (Lipinski definition) is 1. The first-order chi connectivity index (χ1) is 8.74. The maximum absolute atomic E-state index is 9.59. The first-order valence-electron chi connectivity index (χ1n) is 4.98. The van der Waals surface area contributed by atoms with Gasteiger partial charge in [0.15, 0.2) is 0 Å². The van der Waals surface area contributed by atoms with Crippen LogP contribution in [0.4, 0.5) is 0 Å². The highest BCUT2D eigenvalue weighted by atomic mass is 16.3. The summed E-state index contributed by atoms with van der Waals surface area (Å²) in [6.07, 6.45) is 3.57. The zero-order valence-corrected chi connectivity index (χ0v) is 9.91.